The molecule has 7 heteroatoms. The highest BCUT2D eigenvalue weighted by atomic mass is 35.5. The van der Waals surface area contributed by atoms with Gasteiger partial charge in [0, 0.05) is 48.8 Å². The number of aryl methyl sites for hydroxylation is 1. The second-order valence-corrected chi connectivity index (χ2v) is 8.11. The number of pyridine rings is 1. The van der Waals surface area contributed by atoms with E-state index in [1.165, 1.54) is 12.1 Å². The fourth-order valence-corrected chi connectivity index (χ4v) is 3.96. The lowest BCUT2D eigenvalue weighted by molar-refractivity contribution is 0.0946. The van der Waals surface area contributed by atoms with Crippen LogP contribution >= 0.6 is 11.6 Å². The number of aromatic nitrogens is 1. The number of anilines is 1. The van der Waals surface area contributed by atoms with Crippen LogP contribution in [0.3, 0.4) is 0 Å². The molecule has 2 aromatic carbocycles. The topological polar surface area (TPSA) is 48.5 Å². The Morgan fingerprint density at radius 1 is 1.17 bits per heavy atom. The number of nitrogens with one attached hydrogen (secondary N) is 1. The molecule has 0 radical (unpaired) electrons. The van der Waals surface area contributed by atoms with Gasteiger partial charge in [0.2, 0.25) is 0 Å². The van der Waals surface area contributed by atoms with E-state index in [9.17, 15) is 9.18 Å². The van der Waals surface area contributed by atoms with Gasteiger partial charge in [0.1, 0.15) is 11.5 Å². The van der Waals surface area contributed by atoms with E-state index < -0.39 is 5.82 Å². The normalized spacial score (nSPS) is 14.9. The van der Waals surface area contributed by atoms with Crippen molar-refractivity contribution in [2.75, 3.05) is 38.1 Å². The second kappa shape index (κ2) is 8.58. The highest BCUT2D eigenvalue weighted by Crippen LogP contribution is 2.29. The molecule has 5 nitrogen and oxygen atoms in total. The Labute approximate surface area is 180 Å². The molecule has 1 amide bonds. The van der Waals surface area contributed by atoms with Gasteiger partial charge in [-0.2, -0.15) is 0 Å². The van der Waals surface area contributed by atoms with E-state index in [1.807, 2.05) is 25.1 Å². The van der Waals surface area contributed by atoms with Crippen molar-refractivity contribution in [3.8, 4) is 0 Å². The van der Waals surface area contributed by atoms with Crippen LogP contribution in [0.5, 0.6) is 0 Å². The Balaban J connectivity index is 1.64. The highest BCUT2D eigenvalue weighted by molar-refractivity contribution is 6.31. The van der Waals surface area contributed by atoms with Crippen molar-refractivity contribution >= 4 is 34.1 Å². The summed E-state index contributed by atoms with van der Waals surface area (Å²) in [5, 5.41) is 4.20. The van der Waals surface area contributed by atoms with Gasteiger partial charge in [0.05, 0.1) is 5.52 Å². The average molecular weight is 427 g/mol. The van der Waals surface area contributed by atoms with Crippen molar-refractivity contribution in [1.29, 1.82) is 0 Å². The lowest BCUT2D eigenvalue weighted by Gasteiger charge is -2.34. The number of fused-ring (bicyclic) bond motifs is 1. The smallest absolute Gasteiger partial charge is 0.270 e. The van der Waals surface area contributed by atoms with Gasteiger partial charge in [-0.25, -0.2) is 9.37 Å². The van der Waals surface area contributed by atoms with Crippen LogP contribution in [0.15, 0.2) is 42.5 Å². The molecule has 4 rings (SSSR count). The molecule has 1 fully saturated rings. The third kappa shape index (κ3) is 4.25. The number of nitrogens with zero attached hydrogens (tertiary/aromatic N) is 3. The molecule has 1 N–H and O–H groups in total. The summed E-state index contributed by atoms with van der Waals surface area (Å²) in [6, 6.07) is 12.1. The summed E-state index contributed by atoms with van der Waals surface area (Å²) in [5.74, 6) is -0.686. The van der Waals surface area contributed by atoms with Crippen LogP contribution in [0.1, 0.15) is 21.6 Å². The molecule has 3 aromatic rings. The van der Waals surface area contributed by atoms with E-state index >= 15 is 0 Å². The molecule has 1 aromatic heterocycles. The zero-order valence-electron chi connectivity index (χ0n) is 17.1. The summed E-state index contributed by atoms with van der Waals surface area (Å²) in [5.41, 5.74) is 3.91. The minimum atomic E-state index is -0.404. The van der Waals surface area contributed by atoms with Crippen molar-refractivity contribution in [3.05, 3.63) is 70.1 Å². The standard InChI is InChI=1S/C23H24ClFN4O/c1-15-4-3-5-18-21(29-10-8-28(2)9-11-29)13-20(27-22(15)18)23(30)26-14-16-6-7-17(25)12-19(16)24/h3-7,12-13H,8-11,14H2,1-2H3,(H,26,30). The Morgan fingerprint density at radius 3 is 2.67 bits per heavy atom. The van der Waals surface area contributed by atoms with E-state index in [4.69, 9.17) is 11.6 Å². The van der Waals surface area contributed by atoms with Crippen LogP contribution in [0.25, 0.3) is 10.9 Å². The molecule has 1 aliphatic rings. The molecule has 30 heavy (non-hydrogen) atoms. The number of hydrogen-bond donors (Lipinski definition) is 1. The first-order valence-corrected chi connectivity index (χ1v) is 10.4. The largest absolute Gasteiger partial charge is 0.368 e. The number of hydrogen-bond acceptors (Lipinski definition) is 4. The van der Waals surface area contributed by atoms with Gasteiger partial charge in [-0.1, -0.05) is 35.9 Å². The number of carbonyl (C=O) groups excluding carboxylic acids is 1. The number of benzene rings is 2. The van der Waals surface area contributed by atoms with Gasteiger partial charge in [-0.15, -0.1) is 0 Å². The monoisotopic (exact) mass is 426 g/mol. The van der Waals surface area contributed by atoms with E-state index in [0.717, 1.165) is 48.3 Å². The number of likely N-dealkylation sites (N-methyl/N-ethyl adjacent to an activating group) is 1. The first-order valence-electron chi connectivity index (χ1n) is 9.98. The number of amides is 1. The third-order valence-electron chi connectivity index (χ3n) is 5.55. The molecule has 0 atom stereocenters. The number of halogens is 2. The van der Waals surface area contributed by atoms with Crippen LogP contribution in [0.4, 0.5) is 10.1 Å². The van der Waals surface area contributed by atoms with Crippen molar-refractivity contribution in [1.82, 2.24) is 15.2 Å². The highest BCUT2D eigenvalue weighted by Gasteiger charge is 2.20. The summed E-state index contributed by atoms with van der Waals surface area (Å²) >= 11 is 6.08. The first kappa shape index (κ1) is 20.6. The Hall–Kier alpha value is -2.70. The molecule has 1 saturated heterocycles. The van der Waals surface area contributed by atoms with E-state index in [1.54, 1.807) is 6.07 Å². The predicted molar refractivity (Wildman–Crippen MR) is 119 cm³/mol. The van der Waals surface area contributed by atoms with Crippen molar-refractivity contribution in [2.45, 2.75) is 13.5 Å². The molecule has 0 saturated carbocycles. The Bertz CT molecular complexity index is 1100. The molecule has 0 aliphatic carbocycles. The Kier molecular flexibility index (Phi) is 5.88. The zero-order chi connectivity index (χ0) is 21.3. The van der Waals surface area contributed by atoms with Gasteiger partial charge < -0.3 is 15.1 Å². The number of para-hydroxylation sites is 1. The predicted octanol–water partition coefficient (Wildman–Crippen LogP) is 4.02. The Morgan fingerprint density at radius 2 is 1.93 bits per heavy atom. The average Bonchev–Trinajstić information content (AvgIpc) is 2.73. The maximum atomic E-state index is 13.3. The summed E-state index contributed by atoms with van der Waals surface area (Å²) in [7, 11) is 2.12. The number of piperazine rings is 1. The number of rotatable bonds is 4. The summed E-state index contributed by atoms with van der Waals surface area (Å²) < 4.78 is 13.3. The van der Waals surface area contributed by atoms with E-state index in [0.29, 0.717) is 11.3 Å². The van der Waals surface area contributed by atoms with Crippen molar-refractivity contribution < 1.29 is 9.18 Å². The van der Waals surface area contributed by atoms with Gasteiger partial charge in [0.25, 0.3) is 5.91 Å². The SMILES string of the molecule is Cc1cccc2c(N3CCN(C)CC3)cc(C(=O)NCc3ccc(F)cc3Cl)nc12. The first-order chi connectivity index (χ1) is 14.4. The molecule has 0 spiro atoms. The summed E-state index contributed by atoms with van der Waals surface area (Å²) in [4.78, 5) is 22.2. The molecular weight excluding hydrogens is 403 g/mol. The zero-order valence-corrected chi connectivity index (χ0v) is 17.8. The van der Waals surface area contributed by atoms with Crippen LogP contribution in [-0.2, 0) is 6.54 Å². The second-order valence-electron chi connectivity index (χ2n) is 7.71. The summed E-state index contributed by atoms with van der Waals surface area (Å²) in [6.07, 6.45) is 0. The van der Waals surface area contributed by atoms with Crippen LogP contribution in [-0.4, -0.2) is 49.0 Å². The maximum Gasteiger partial charge on any atom is 0.270 e. The van der Waals surface area contributed by atoms with Crippen LogP contribution in [0.2, 0.25) is 5.02 Å². The van der Waals surface area contributed by atoms with Gasteiger partial charge in [-0.3, -0.25) is 4.79 Å². The van der Waals surface area contributed by atoms with Crippen molar-refractivity contribution in [2.24, 2.45) is 0 Å². The van der Waals surface area contributed by atoms with Gasteiger partial charge in [-0.05, 0) is 43.3 Å². The quantitative estimate of drug-likeness (QED) is 0.684. The fraction of sp³-hybridized carbons (Fsp3) is 0.304. The molecular formula is C23H24ClFN4O. The lowest BCUT2D eigenvalue weighted by atomic mass is 10.1. The number of carbonyl (C=O) groups is 1. The lowest BCUT2D eigenvalue weighted by Crippen LogP contribution is -2.44. The van der Waals surface area contributed by atoms with E-state index in [-0.39, 0.29) is 17.5 Å². The van der Waals surface area contributed by atoms with Crippen LogP contribution in [0, 0.1) is 12.7 Å². The molecule has 0 bridgehead atoms. The molecule has 0 unspecified atom stereocenters. The maximum absolute atomic E-state index is 13.3. The third-order valence-corrected chi connectivity index (χ3v) is 5.90. The summed E-state index contributed by atoms with van der Waals surface area (Å²) in [6.45, 7) is 5.95. The minimum absolute atomic E-state index is 0.204. The molecule has 156 valence electrons. The van der Waals surface area contributed by atoms with Crippen molar-refractivity contribution in [3.63, 3.8) is 0 Å². The van der Waals surface area contributed by atoms with Crippen LogP contribution < -0.4 is 10.2 Å². The molecule has 1 aliphatic heterocycles. The fourth-order valence-electron chi connectivity index (χ4n) is 3.73. The minimum Gasteiger partial charge on any atom is -0.368 e. The van der Waals surface area contributed by atoms with Gasteiger partial charge >= 0.3 is 0 Å². The van der Waals surface area contributed by atoms with E-state index in [2.05, 4.69) is 33.2 Å². The van der Waals surface area contributed by atoms with Gasteiger partial charge in [0.15, 0.2) is 0 Å². The molecule has 2 heterocycles.